The van der Waals surface area contributed by atoms with Crippen molar-refractivity contribution in [3.8, 4) is 0 Å². The first-order chi connectivity index (χ1) is 7.66. The normalized spacial score (nSPS) is 19.8. The maximum absolute atomic E-state index is 11.6. The van der Waals surface area contributed by atoms with E-state index in [0.29, 0.717) is 17.9 Å². The Bertz CT molecular complexity index is 275. The zero-order chi connectivity index (χ0) is 11.5. The van der Waals surface area contributed by atoms with Crippen LogP contribution in [0.1, 0.15) is 25.7 Å². The summed E-state index contributed by atoms with van der Waals surface area (Å²) in [5, 5.41) is 11.5. The molecule has 1 amide bonds. The Morgan fingerprint density at radius 2 is 1.75 bits per heavy atom. The largest absolute Gasteiger partial charge is 0.481 e. The van der Waals surface area contributed by atoms with Crippen LogP contribution in [0.15, 0.2) is 0 Å². The number of nitrogens with one attached hydrogen (secondary N) is 1. The molecule has 0 saturated heterocycles. The van der Waals surface area contributed by atoms with E-state index in [9.17, 15) is 9.59 Å². The molecule has 0 heterocycles. The van der Waals surface area contributed by atoms with Crippen molar-refractivity contribution in [2.24, 2.45) is 11.8 Å². The highest BCUT2D eigenvalue weighted by Gasteiger charge is 2.42. The summed E-state index contributed by atoms with van der Waals surface area (Å²) in [6, 6.07) is 0.373. The van der Waals surface area contributed by atoms with Crippen LogP contribution >= 0.6 is 11.8 Å². The van der Waals surface area contributed by atoms with E-state index in [-0.39, 0.29) is 17.4 Å². The molecule has 2 aliphatic carbocycles. The second-order valence-electron chi connectivity index (χ2n) is 4.65. The minimum atomic E-state index is -0.862. The molecule has 2 saturated carbocycles. The molecule has 0 radical (unpaired) electrons. The molecule has 16 heavy (non-hydrogen) atoms. The molecule has 2 fully saturated rings. The second kappa shape index (κ2) is 5.08. The average molecular weight is 243 g/mol. The van der Waals surface area contributed by atoms with Gasteiger partial charge in [0.1, 0.15) is 0 Å². The Hall–Kier alpha value is -0.710. The van der Waals surface area contributed by atoms with Gasteiger partial charge in [0.15, 0.2) is 0 Å². The molecule has 2 aliphatic rings. The smallest absolute Gasteiger partial charge is 0.313 e. The van der Waals surface area contributed by atoms with E-state index < -0.39 is 5.97 Å². The summed E-state index contributed by atoms with van der Waals surface area (Å²) in [5.74, 6) is 0.795. The van der Waals surface area contributed by atoms with Crippen molar-refractivity contribution < 1.29 is 14.7 Å². The standard InChI is InChI=1S/C11H17NO3S/c13-9(5-16-6-10(14)15)12-11(7-1-2-7)8-3-4-8/h7-8,11H,1-6H2,(H,12,13)(H,14,15). The van der Waals surface area contributed by atoms with Gasteiger partial charge < -0.3 is 10.4 Å². The highest BCUT2D eigenvalue weighted by molar-refractivity contribution is 8.00. The molecule has 4 nitrogen and oxygen atoms in total. The van der Waals surface area contributed by atoms with Crippen molar-refractivity contribution in [3.05, 3.63) is 0 Å². The van der Waals surface area contributed by atoms with Crippen LogP contribution in [0.25, 0.3) is 0 Å². The zero-order valence-electron chi connectivity index (χ0n) is 9.15. The van der Waals surface area contributed by atoms with Crippen LogP contribution in [0.4, 0.5) is 0 Å². The fraction of sp³-hybridized carbons (Fsp3) is 0.818. The van der Waals surface area contributed by atoms with Gasteiger partial charge in [-0.2, -0.15) is 0 Å². The van der Waals surface area contributed by atoms with Crippen molar-refractivity contribution in [1.82, 2.24) is 5.32 Å². The summed E-state index contributed by atoms with van der Waals surface area (Å²) in [5.41, 5.74) is 0. The molecule has 0 aromatic rings. The lowest BCUT2D eigenvalue weighted by Gasteiger charge is -2.17. The van der Waals surface area contributed by atoms with E-state index in [4.69, 9.17) is 5.11 Å². The van der Waals surface area contributed by atoms with Crippen LogP contribution < -0.4 is 5.32 Å². The van der Waals surface area contributed by atoms with Crippen molar-refractivity contribution in [2.75, 3.05) is 11.5 Å². The lowest BCUT2D eigenvalue weighted by Crippen LogP contribution is -2.39. The first-order valence-corrected chi connectivity index (χ1v) is 6.91. The third-order valence-corrected chi connectivity index (χ3v) is 3.96. The monoisotopic (exact) mass is 243 g/mol. The summed E-state index contributed by atoms with van der Waals surface area (Å²) in [6.45, 7) is 0. The molecule has 5 heteroatoms. The number of hydrogen-bond donors (Lipinski definition) is 2. The highest BCUT2D eigenvalue weighted by Crippen LogP contribution is 2.44. The lowest BCUT2D eigenvalue weighted by atomic mass is 10.1. The number of thioether (sulfide) groups is 1. The van der Waals surface area contributed by atoms with Crippen LogP contribution in [0.5, 0.6) is 0 Å². The summed E-state index contributed by atoms with van der Waals surface area (Å²) in [7, 11) is 0. The van der Waals surface area contributed by atoms with Crippen molar-refractivity contribution >= 4 is 23.6 Å². The molecule has 2 N–H and O–H groups in total. The Labute approximate surface area is 99.2 Å². The van der Waals surface area contributed by atoms with Crippen molar-refractivity contribution in [2.45, 2.75) is 31.7 Å². The third kappa shape index (κ3) is 3.70. The van der Waals surface area contributed by atoms with Gasteiger partial charge in [-0.15, -0.1) is 11.8 Å². The minimum Gasteiger partial charge on any atom is -0.481 e. The van der Waals surface area contributed by atoms with Crippen molar-refractivity contribution in [1.29, 1.82) is 0 Å². The maximum atomic E-state index is 11.6. The number of rotatable bonds is 7. The topological polar surface area (TPSA) is 66.4 Å². The maximum Gasteiger partial charge on any atom is 0.313 e. The Morgan fingerprint density at radius 3 is 2.19 bits per heavy atom. The molecular formula is C11H17NO3S. The van der Waals surface area contributed by atoms with Crippen LogP contribution in [0.3, 0.4) is 0 Å². The molecule has 2 rings (SSSR count). The van der Waals surface area contributed by atoms with Gasteiger partial charge in [-0.3, -0.25) is 9.59 Å². The number of carboxylic acid groups (broad SMARTS) is 1. The van der Waals surface area contributed by atoms with E-state index in [1.54, 1.807) is 0 Å². The summed E-state index contributed by atoms with van der Waals surface area (Å²) in [6.07, 6.45) is 4.96. The number of carbonyl (C=O) groups excluding carboxylic acids is 1. The second-order valence-corrected chi connectivity index (χ2v) is 5.64. The summed E-state index contributed by atoms with van der Waals surface area (Å²) in [4.78, 5) is 21.9. The quantitative estimate of drug-likeness (QED) is 0.703. The van der Waals surface area contributed by atoms with E-state index in [0.717, 1.165) is 11.8 Å². The zero-order valence-corrected chi connectivity index (χ0v) is 9.96. The molecule has 0 spiro atoms. The fourth-order valence-corrected chi connectivity index (χ4v) is 2.54. The number of amides is 1. The fourth-order valence-electron chi connectivity index (χ4n) is 1.99. The van der Waals surface area contributed by atoms with Gasteiger partial charge in [0.25, 0.3) is 0 Å². The van der Waals surface area contributed by atoms with Crippen LogP contribution in [-0.2, 0) is 9.59 Å². The van der Waals surface area contributed by atoms with Gasteiger partial charge in [0.05, 0.1) is 11.5 Å². The molecule has 0 bridgehead atoms. The average Bonchev–Trinajstić information content (AvgIpc) is 3.06. The van der Waals surface area contributed by atoms with Gasteiger partial charge in [-0.05, 0) is 37.5 Å². The minimum absolute atomic E-state index is 0.00458. The van der Waals surface area contributed by atoms with Crippen LogP contribution in [0.2, 0.25) is 0 Å². The van der Waals surface area contributed by atoms with Crippen molar-refractivity contribution in [3.63, 3.8) is 0 Å². The van der Waals surface area contributed by atoms with Gasteiger partial charge in [-0.25, -0.2) is 0 Å². The molecule has 0 aromatic heterocycles. The number of carboxylic acids is 1. The molecule has 90 valence electrons. The Kier molecular flexibility index (Phi) is 3.74. The van der Waals surface area contributed by atoms with Crippen LogP contribution in [0, 0.1) is 11.8 Å². The van der Waals surface area contributed by atoms with Gasteiger partial charge in [-0.1, -0.05) is 0 Å². The summed E-state index contributed by atoms with van der Waals surface area (Å²) < 4.78 is 0. The predicted octanol–water partition coefficient (Wildman–Crippen LogP) is 1.11. The predicted molar refractivity (Wildman–Crippen MR) is 62.3 cm³/mol. The molecule has 0 unspecified atom stereocenters. The lowest BCUT2D eigenvalue weighted by molar-refractivity contribution is -0.133. The third-order valence-electron chi connectivity index (χ3n) is 3.05. The Morgan fingerprint density at radius 1 is 1.19 bits per heavy atom. The number of carbonyl (C=O) groups is 2. The van der Waals surface area contributed by atoms with Crippen LogP contribution in [-0.4, -0.2) is 34.5 Å². The first kappa shape index (κ1) is 11.8. The highest BCUT2D eigenvalue weighted by atomic mass is 32.2. The van der Waals surface area contributed by atoms with Gasteiger partial charge >= 0.3 is 5.97 Å². The molecule has 0 atom stereocenters. The van der Waals surface area contributed by atoms with E-state index in [1.807, 2.05) is 0 Å². The van der Waals surface area contributed by atoms with Gasteiger partial charge in [0, 0.05) is 6.04 Å². The summed E-state index contributed by atoms with van der Waals surface area (Å²) >= 11 is 1.16. The number of hydrogen-bond acceptors (Lipinski definition) is 3. The van der Waals surface area contributed by atoms with E-state index in [1.165, 1.54) is 25.7 Å². The van der Waals surface area contributed by atoms with Gasteiger partial charge in [0.2, 0.25) is 5.91 Å². The Balaban J connectivity index is 1.66. The number of aliphatic carboxylic acids is 1. The first-order valence-electron chi connectivity index (χ1n) is 5.75. The van der Waals surface area contributed by atoms with E-state index in [2.05, 4.69) is 5.32 Å². The van der Waals surface area contributed by atoms with E-state index >= 15 is 0 Å². The molecule has 0 aliphatic heterocycles. The molecule has 0 aromatic carbocycles. The molecular weight excluding hydrogens is 226 g/mol. The SMILES string of the molecule is O=C(O)CSCC(=O)NC(C1CC1)C1CC1.